The topological polar surface area (TPSA) is 74.8 Å². The summed E-state index contributed by atoms with van der Waals surface area (Å²) in [6.45, 7) is 0. The summed E-state index contributed by atoms with van der Waals surface area (Å²) >= 11 is 0. The lowest BCUT2D eigenvalue weighted by Crippen LogP contribution is -2.23. The smallest absolute Gasteiger partial charge is 0.267 e. The molecule has 0 spiro atoms. The van der Waals surface area contributed by atoms with Gasteiger partial charge < -0.3 is 5.32 Å². The first kappa shape index (κ1) is 20.9. The number of anilines is 1. The first-order valence-electron chi connectivity index (χ1n) is 11.3. The number of nitrogens with one attached hydrogen (secondary N) is 2. The molecule has 1 aliphatic carbocycles. The van der Waals surface area contributed by atoms with E-state index in [2.05, 4.69) is 27.6 Å². The maximum absolute atomic E-state index is 12.9. The number of hydrogen-bond donors (Lipinski definition) is 2. The first-order valence-corrected chi connectivity index (χ1v) is 11.3. The van der Waals surface area contributed by atoms with Gasteiger partial charge in [-0.2, -0.15) is 5.10 Å². The third kappa shape index (κ3) is 4.62. The summed E-state index contributed by atoms with van der Waals surface area (Å²) < 4.78 is 0. The second kappa shape index (κ2) is 9.25. The molecule has 5 heteroatoms. The summed E-state index contributed by atoms with van der Waals surface area (Å²) in [5.74, 6) is -0.152. The molecule has 2 N–H and O–H groups in total. The number of aromatic amines is 1. The molecule has 0 saturated heterocycles. The van der Waals surface area contributed by atoms with Crippen LogP contribution in [-0.2, 0) is 19.3 Å². The Hall–Kier alpha value is -3.99. The Morgan fingerprint density at radius 1 is 0.848 bits per heavy atom. The summed E-state index contributed by atoms with van der Waals surface area (Å²) in [5, 5.41) is 9.96. The van der Waals surface area contributed by atoms with Gasteiger partial charge in [0.15, 0.2) is 0 Å². The SMILES string of the molecule is O=C(Nc1ccc(-c2ccccc2)cc1)c1cccc(Cc2n[nH]c(=O)c3c2CCCC3)c1. The highest BCUT2D eigenvalue weighted by Gasteiger charge is 2.18. The minimum absolute atomic E-state index is 0.0696. The molecule has 164 valence electrons. The maximum atomic E-state index is 12.9. The number of amides is 1. The second-order valence-electron chi connectivity index (χ2n) is 8.44. The van der Waals surface area contributed by atoms with Gasteiger partial charge in [-0.05, 0) is 72.2 Å². The third-order valence-corrected chi connectivity index (χ3v) is 6.19. The summed E-state index contributed by atoms with van der Waals surface area (Å²) in [7, 11) is 0. The van der Waals surface area contributed by atoms with Crippen LogP contribution in [-0.4, -0.2) is 16.1 Å². The Morgan fingerprint density at radius 2 is 1.58 bits per heavy atom. The van der Waals surface area contributed by atoms with Gasteiger partial charge in [-0.3, -0.25) is 9.59 Å². The zero-order chi connectivity index (χ0) is 22.6. The van der Waals surface area contributed by atoms with Crippen LogP contribution in [0, 0.1) is 0 Å². The monoisotopic (exact) mass is 435 g/mol. The van der Waals surface area contributed by atoms with E-state index >= 15 is 0 Å². The van der Waals surface area contributed by atoms with Crippen molar-refractivity contribution in [2.75, 3.05) is 5.32 Å². The minimum Gasteiger partial charge on any atom is -0.322 e. The van der Waals surface area contributed by atoms with E-state index in [4.69, 9.17) is 0 Å². The van der Waals surface area contributed by atoms with Gasteiger partial charge in [0.05, 0.1) is 5.69 Å². The molecule has 1 aromatic heterocycles. The molecule has 3 aromatic carbocycles. The molecule has 33 heavy (non-hydrogen) atoms. The fraction of sp³-hybridized carbons (Fsp3) is 0.179. The standard InChI is InChI=1S/C28H25N3O2/c32-27(29-23-15-13-21(14-16-23)20-8-2-1-3-9-20)22-10-6-7-19(17-22)18-26-24-11-4-5-12-25(24)28(33)31-30-26/h1-3,6-10,13-17H,4-5,11-12,18H2,(H,29,32)(H,31,33). The maximum Gasteiger partial charge on any atom is 0.267 e. The molecular formula is C28H25N3O2. The van der Waals surface area contributed by atoms with E-state index in [1.807, 2.05) is 66.7 Å². The summed E-state index contributed by atoms with van der Waals surface area (Å²) in [5.41, 5.74) is 7.37. The fourth-order valence-corrected chi connectivity index (χ4v) is 4.47. The van der Waals surface area contributed by atoms with Crippen molar-refractivity contribution < 1.29 is 4.79 Å². The van der Waals surface area contributed by atoms with E-state index in [0.29, 0.717) is 12.0 Å². The van der Waals surface area contributed by atoms with E-state index in [0.717, 1.165) is 64.9 Å². The van der Waals surface area contributed by atoms with Gasteiger partial charge in [-0.15, -0.1) is 0 Å². The van der Waals surface area contributed by atoms with E-state index in [1.54, 1.807) is 0 Å². The lowest BCUT2D eigenvalue weighted by atomic mass is 9.90. The van der Waals surface area contributed by atoms with Crippen molar-refractivity contribution in [2.45, 2.75) is 32.1 Å². The third-order valence-electron chi connectivity index (χ3n) is 6.19. The van der Waals surface area contributed by atoms with Crippen LogP contribution in [0.15, 0.2) is 83.7 Å². The van der Waals surface area contributed by atoms with E-state index in [1.165, 1.54) is 0 Å². The van der Waals surface area contributed by atoms with Crippen LogP contribution >= 0.6 is 0 Å². The number of carbonyl (C=O) groups is 1. The number of carbonyl (C=O) groups excluding carboxylic acids is 1. The van der Waals surface area contributed by atoms with Gasteiger partial charge >= 0.3 is 0 Å². The van der Waals surface area contributed by atoms with Crippen molar-refractivity contribution in [3.05, 3.63) is 117 Å². The number of hydrogen-bond acceptors (Lipinski definition) is 3. The molecule has 0 fully saturated rings. The van der Waals surface area contributed by atoms with Gasteiger partial charge in [0.1, 0.15) is 0 Å². The molecule has 5 rings (SSSR count). The average molecular weight is 436 g/mol. The average Bonchev–Trinajstić information content (AvgIpc) is 2.87. The van der Waals surface area contributed by atoms with Crippen molar-refractivity contribution in [3.8, 4) is 11.1 Å². The van der Waals surface area contributed by atoms with Crippen molar-refractivity contribution in [1.82, 2.24) is 10.2 Å². The zero-order valence-electron chi connectivity index (χ0n) is 18.3. The van der Waals surface area contributed by atoms with Crippen LogP contribution in [0.5, 0.6) is 0 Å². The lowest BCUT2D eigenvalue weighted by molar-refractivity contribution is 0.102. The summed E-state index contributed by atoms with van der Waals surface area (Å²) in [6, 6.07) is 25.6. The second-order valence-corrected chi connectivity index (χ2v) is 8.44. The molecule has 1 amide bonds. The number of rotatable bonds is 5. The highest BCUT2D eigenvalue weighted by Crippen LogP contribution is 2.23. The van der Waals surface area contributed by atoms with Gasteiger partial charge in [0, 0.05) is 23.2 Å². The Balaban J connectivity index is 1.31. The predicted octanol–water partition coefficient (Wildman–Crippen LogP) is 5.16. The zero-order valence-corrected chi connectivity index (χ0v) is 18.3. The summed E-state index contributed by atoms with van der Waals surface area (Å²) in [6.07, 6.45) is 4.41. The molecule has 1 heterocycles. The van der Waals surface area contributed by atoms with Gasteiger partial charge in [-0.1, -0.05) is 54.6 Å². The predicted molar refractivity (Wildman–Crippen MR) is 131 cm³/mol. The van der Waals surface area contributed by atoms with Crippen LogP contribution in [0.25, 0.3) is 11.1 Å². The Labute approximate surface area is 192 Å². The Morgan fingerprint density at radius 3 is 2.36 bits per heavy atom. The van der Waals surface area contributed by atoms with Crippen molar-refractivity contribution in [1.29, 1.82) is 0 Å². The highest BCUT2D eigenvalue weighted by molar-refractivity contribution is 6.04. The molecule has 0 bridgehead atoms. The fourth-order valence-electron chi connectivity index (χ4n) is 4.47. The molecule has 0 saturated carbocycles. The van der Waals surface area contributed by atoms with Crippen molar-refractivity contribution in [2.24, 2.45) is 0 Å². The van der Waals surface area contributed by atoms with Gasteiger partial charge in [0.25, 0.3) is 11.5 Å². The van der Waals surface area contributed by atoms with Gasteiger partial charge in [-0.25, -0.2) is 5.10 Å². The number of nitrogens with zero attached hydrogens (tertiary/aromatic N) is 1. The van der Waals surface area contributed by atoms with Crippen molar-refractivity contribution in [3.63, 3.8) is 0 Å². The first-order chi connectivity index (χ1) is 16.2. The van der Waals surface area contributed by atoms with Crippen LogP contribution in [0.3, 0.4) is 0 Å². The van der Waals surface area contributed by atoms with Crippen molar-refractivity contribution >= 4 is 11.6 Å². The normalized spacial score (nSPS) is 12.7. The highest BCUT2D eigenvalue weighted by atomic mass is 16.1. The van der Waals surface area contributed by atoms with Crippen LogP contribution in [0.1, 0.15) is 45.6 Å². The minimum atomic E-state index is -0.152. The molecular weight excluding hydrogens is 410 g/mol. The van der Waals surface area contributed by atoms with E-state index < -0.39 is 0 Å². The lowest BCUT2D eigenvalue weighted by Gasteiger charge is -2.17. The van der Waals surface area contributed by atoms with Crippen LogP contribution in [0.2, 0.25) is 0 Å². The molecule has 5 nitrogen and oxygen atoms in total. The number of fused-ring (bicyclic) bond motifs is 1. The number of H-pyrrole nitrogens is 1. The molecule has 0 aliphatic heterocycles. The number of benzene rings is 3. The van der Waals surface area contributed by atoms with E-state index in [9.17, 15) is 9.59 Å². The summed E-state index contributed by atoms with van der Waals surface area (Å²) in [4.78, 5) is 25.0. The molecule has 0 unspecified atom stereocenters. The molecule has 1 aliphatic rings. The molecule has 0 atom stereocenters. The quantitative estimate of drug-likeness (QED) is 0.455. The molecule has 4 aromatic rings. The Kier molecular flexibility index (Phi) is 5.85. The Bertz CT molecular complexity index is 1340. The van der Waals surface area contributed by atoms with Crippen LogP contribution in [0.4, 0.5) is 5.69 Å². The van der Waals surface area contributed by atoms with Gasteiger partial charge in [0.2, 0.25) is 0 Å². The van der Waals surface area contributed by atoms with Crippen LogP contribution < -0.4 is 10.9 Å². The number of aromatic nitrogens is 2. The largest absolute Gasteiger partial charge is 0.322 e. The van der Waals surface area contributed by atoms with E-state index in [-0.39, 0.29) is 11.5 Å². The molecule has 0 radical (unpaired) electrons.